The number of aromatic amines is 1. The predicted molar refractivity (Wildman–Crippen MR) is 130 cm³/mol. The molecule has 2 aliphatic heterocycles. The monoisotopic (exact) mass is 478 g/mol. The molecular formula is C26H27FN4O4. The fraction of sp³-hybridized carbons (Fsp3) is 0.308. The zero-order valence-corrected chi connectivity index (χ0v) is 19.4. The van der Waals surface area contributed by atoms with E-state index in [0.717, 1.165) is 24.1 Å². The summed E-state index contributed by atoms with van der Waals surface area (Å²) in [6, 6.07) is 6.46. The molecule has 1 amide bonds. The maximum atomic E-state index is 14.5. The van der Waals surface area contributed by atoms with Gasteiger partial charge in [0.15, 0.2) is 11.6 Å². The number of carbonyl (C=O) groups is 1. The van der Waals surface area contributed by atoms with Gasteiger partial charge < -0.3 is 29.8 Å². The van der Waals surface area contributed by atoms with Gasteiger partial charge in [-0.1, -0.05) is 12.1 Å². The van der Waals surface area contributed by atoms with Crippen molar-refractivity contribution in [1.82, 2.24) is 15.3 Å². The van der Waals surface area contributed by atoms with Crippen LogP contribution in [-0.2, 0) is 4.74 Å². The van der Waals surface area contributed by atoms with E-state index in [4.69, 9.17) is 14.2 Å². The molecule has 2 aliphatic rings. The van der Waals surface area contributed by atoms with Crippen LogP contribution >= 0.6 is 0 Å². The van der Waals surface area contributed by atoms with Gasteiger partial charge in [-0.15, -0.1) is 0 Å². The smallest absolute Gasteiger partial charge is 0.255 e. The Hall–Kier alpha value is -3.85. The highest BCUT2D eigenvalue weighted by Gasteiger charge is 2.33. The summed E-state index contributed by atoms with van der Waals surface area (Å²) in [5.41, 5.74) is 3.67. The van der Waals surface area contributed by atoms with Crippen LogP contribution in [0.4, 0.5) is 15.8 Å². The van der Waals surface area contributed by atoms with Gasteiger partial charge in [-0.05, 0) is 37.1 Å². The summed E-state index contributed by atoms with van der Waals surface area (Å²) in [7, 11) is 1.41. The second kappa shape index (κ2) is 10.2. The van der Waals surface area contributed by atoms with Crippen molar-refractivity contribution in [2.75, 3.05) is 38.8 Å². The minimum Gasteiger partial charge on any atom is -0.492 e. The Labute approximate surface area is 202 Å². The second-order valence-corrected chi connectivity index (χ2v) is 8.39. The van der Waals surface area contributed by atoms with Crippen LogP contribution in [0.15, 0.2) is 48.8 Å². The number of H-pyrrole nitrogens is 1. The normalized spacial score (nSPS) is 18.8. The van der Waals surface area contributed by atoms with E-state index in [-0.39, 0.29) is 17.6 Å². The van der Waals surface area contributed by atoms with Crippen molar-refractivity contribution >= 4 is 17.3 Å². The molecule has 0 radical (unpaired) electrons. The third-order valence-electron chi connectivity index (χ3n) is 6.22. The number of carbonyl (C=O) groups excluding carboxylic acids is 1. The number of halogens is 1. The first-order valence-corrected chi connectivity index (χ1v) is 11.6. The minimum absolute atomic E-state index is 0.0665. The summed E-state index contributed by atoms with van der Waals surface area (Å²) in [5.74, 6) is -0.00941. The SMILES string of the molecule is COc1c(F)cccc1Nc1c2[nH]c3c1C(=O)NCC3CCCOC/C=C\COc1cnccc1-2. The molecule has 0 saturated carbocycles. The van der Waals surface area contributed by atoms with Crippen molar-refractivity contribution < 1.29 is 23.4 Å². The number of hydrogen-bond acceptors (Lipinski definition) is 6. The number of nitrogens with one attached hydrogen (secondary N) is 3. The average molecular weight is 479 g/mol. The molecule has 1 unspecified atom stereocenters. The third-order valence-corrected chi connectivity index (χ3v) is 6.22. The number of para-hydroxylation sites is 1. The molecule has 1 atom stereocenters. The van der Waals surface area contributed by atoms with E-state index in [1.165, 1.54) is 13.2 Å². The molecule has 182 valence electrons. The van der Waals surface area contributed by atoms with Crippen molar-refractivity contribution in [1.29, 1.82) is 0 Å². The molecule has 0 saturated heterocycles. The summed E-state index contributed by atoms with van der Waals surface area (Å²) in [6.45, 7) is 2.00. The maximum absolute atomic E-state index is 14.5. The molecule has 2 bridgehead atoms. The Morgan fingerprint density at radius 1 is 1.23 bits per heavy atom. The van der Waals surface area contributed by atoms with E-state index >= 15 is 0 Å². The largest absolute Gasteiger partial charge is 0.492 e. The summed E-state index contributed by atoms with van der Waals surface area (Å²) < 4.78 is 31.5. The van der Waals surface area contributed by atoms with Crippen LogP contribution in [0.25, 0.3) is 11.3 Å². The number of nitrogens with zero attached hydrogens (tertiary/aromatic N) is 1. The fourth-order valence-corrected chi connectivity index (χ4v) is 4.55. The fourth-order valence-electron chi connectivity index (χ4n) is 4.55. The number of amides is 1. The molecule has 0 fully saturated rings. The van der Waals surface area contributed by atoms with Crippen molar-refractivity contribution in [3.05, 3.63) is 65.9 Å². The zero-order chi connectivity index (χ0) is 24.2. The topological polar surface area (TPSA) is 97.5 Å². The number of hydrogen-bond donors (Lipinski definition) is 3. The Morgan fingerprint density at radius 2 is 2.11 bits per heavy atom. The van der Waals surface area contributed by atoms with Gasteiger partial charge in [-0.25, -0.2) is 4.39 Å². The van der Waals surface area contributed by atoms with Gasteiger partial charge in [0.1, 0.15) is 12.4 Å². The predicted octanol–water partition coefficient (Wildman–Crippen LogP) is 4.54. The summed E-state index contributed by atoms with van der Waals surface area (Å²) in [5, 5.41) is 6.29. The maximum Gasteiger partial charge on any atom is 0.255 e. The molecule has 2 aromatic heterocycles. The quantitative estimate of drug-likeness (QED) is 0.478. The van der Waals surface area contributed by atoms with Gasteiger partial charge in [0.05, 0.1) is 42.5 Å². The molecular weight excluding hydrogens is 451 g/mol. The van der Waals surface area contributed by atoms with Crippen LogP contribution in [0.1, 0.15) is 34.8 Å². The first kappa shape index (κ1) is 22.9. The molecule has 35 heavy (non-hydrogen) atoms. The number of benzene rings is 1. The molecule has 1 aromatic carbocycles. The molecule has 3 N–H and O–H groups in total. The lowest BCUT2D eigenvalue weighted by molar-refractivity contribution is 0.0938. The van der Waals surface area contributed by atoms with E-state index in [1.807, 2.05) is 18.2 Å². The van der Waals surface area contributed by atoms with Crippen LogP contribution in [0.3, 0.4) is 0 Å². The number of rotatable bonds is 3. The van der Waals surface area contributed by atoms with Crippen LogP contribution < -0.4 is 20.1 Å². The van der Waals surface area contributed by atoms with E-state index in [0.29, 0.717) is 54.7 Å². The molecule has 4 heterocycles. The van der Waals surface area contributed by atoms with E-state index in [9.17, 15) is 9.18 Å². The first-order chi connectivity index (χ1) is 17.2. The Morgan fingerprint density at radius 3 is 3.00 bits per heavy atom. The van der Waals surface area contributed by atoms with Gasteiger partial charge in [-0.3, -0.25) is 9.78 Å². The van der Waals surface area contributed by atoms with Gasteiger partial charge in [0.2, 0.25) is 0 Å². The number of fused-ring (bicyclic) bond motifs is 3. The van der Waals surface area contributed by atoms with Gasteiger partial charge in [0.25, 0.3) is 5.91 Å². The van der Waals surface area contributed by atoms with Crippen LogP contribution in [-0.4, -0.2) is 49.4 Å². The molecule has 9 heteroatoms. The number of methoxy groups -OCH3 is 1. The highest BCUT2D eigenvalue weighted by Crippen LogP contribution is 2.44. The molecule has 5 rings (SSSR count). The van der Waals surface area contributed by atoms with E-state index in [1.54, 1.807) is 24.5 Å². The summed E-state index contributed by atoms with van der Waals surface area (Å²) in [4.78, 5) is 20.9. The lowest BCUT2D eigenvalue weighted by atomic mass is 9.92. The first-order valence-electron chi connectivity index (χ1n) is 11.6. The van der Waals surface area contributed by atoms with Crippen LogP contribution in [0.5, 0.6) is 11.5 Å². The van der Waals surface area contributed by atoms with Crippen molar-refractivity contribution in [3.63, 3.8) is 0 Å². The Balaban J connectivity index is 1.69. The van der Waals surface area contributed by atoms with Crippen molar-refractivity contribution in [3.8, 4) is 22.8 Å². The van der Waals surface area contributed by atoms with E-state index < -0.39 is 5.82 Å². The van der Waals surface area contributed by atoms with Gasteiger partial charge >= 0.3 is 0 Å². The van der Waals surface area contributed by atoms with Crippen molar-refractivity contribution in [2.45, 2.75) is 18.8 Å². The van der Waals surface area contributed by atoms with Crippen molar-refractivity contribution in [2.24, 2.45) is 0 Å². The third kappa shape index (κ3) is 4.59. The highest BCUT2D eigenvalue weighted by molar-refractivity contribution is 6.07. The number of ether oxygens (including phenoxy) is 3. The Bertz CT molecular complexity index is 1260. The van der Waals surface area contributed by atoms with E-state index in [2.05, 4.69) is 20.6 Å². The average Bonchev–Trinajstić information content (AvgIpc) is 3.24. The highest BCUT2D eigenvalue weighted by atomic mass is 19.1. The lowest BCUT2D eigenvalue weighted by Gasteiger charge is -2.24. The number of pyridine rings is 1. The van der Waals surface area contributed by atoms with Crippen LogP contribution in [0.2, 0.25) is 0 Å². The molecule has 3 aromatic rings. The van der Waals surface area contributed by atoms with Crippen LogP contribution in [0, 0.1) is 5.82 Å². The number of aromatic nitrogens is 2. The summed E-state index contributed by atoms with van der Waals surface area (Å²) >= 11 is 0. The Kier molecular flexibility index (Phi) is 6.67. The summed E-state index contributed by atoms with van der Waals surface area (Å²) in [6.07, 6.45) is 8.83. The lowest BCUT2D eigenvalue weighted by Crippen LogP contribution is -2.35. The number of anilines is 2. The standard InChI is InChI=1S/C26H27FN4O4/c1-33-25-18(27)7-4-8-19(25)30-24-21-22-16(14-29-26(21)32)6-5-12-34-11-2-3-13-35-20-15-28-10-9-17(20)23(24)31-22/h2-4,7-10,15-16,30-31H,5-6,11-14H2,1H3,(H,29,32)/b3-2-. The second-order valence-electron chi connectivity index (χ2n) is 8.39. The molecule has 8 nitrogen and oxygen atoms in total. The zero-order valence-electron chi connectivity index (χ0n) is 19.4. The van der Waals surface area contributed by atoms with Gasteiger partial charge in [0, 0.05) is 36.5 Å². The molecule has 0 spiro atoms. The van der Waals surface area contributed by atoms with Gasteiger partial charge in [-0.2, -0.15) is 0 Å². The minimum atomic E-state index is -0.500. The molecule has 0 aliphatic carbocycles.